The molecular weight excluding hydrogens is 232 g/mol. The number of hydrogen-bond acceptors (Lipinski definition) is 2. The van der Waals surface area contributed by atoms with Crippen LogP contribution in [0.2, 0.25) is 0 Å². The van der Waals surface area contributed by atoms with Crippen LogP contribution < -0.4 is 0 Å². The van der Waals surface area contributed by atoms with Crippen LogP contribution in [0.3, 0.4) is 0 Å². The normalized spacial score (nSPS) is 19.0. The lowest BCUT2D eigenvalue weighted by molar-refractivity contribution is 0.181. The number of likely N-dealkylation sites (tertiary alicyclic amines) is 1. The molecule has 1 fully saturated rings. The fraction of sp³-hybridized carbons (Fsp3) is 0.588. The average molecular weight is 256 g/mol. The maximum absolute atomic E-state index is 9.51. The number of rotatable bonds is 5. The summed E-state index contributed by atoms with van der Waals surface area (Å²) in [6.45, 7) is 6.44. The molecule has 0 spiro atoms. The highest BCUT2D eigenvalue weighted by atomic mass is 15.2. The maximum atomic E-state index is 9.51. The van der Waals surface area contributed by atoms with E-state index in [4.69, 9.17) is 0 Å². The molecule has 0 saturated carbocycles. The van der Waals surface area contributed by atoms with Crippen LogP contribution in [0.5, 0.6) is 0 Å². The molecule has 1 unspecified atom stereocenters. The first-order valence-corrected chi connectivity index (χ1v) is 7.42. The lowest BCUT2D eigenvalue weighted by Crippen LogP contribution is -2.43. The number of benzene rings is 1. The highest BCUT2D eigenvalue weighted by Gasteiger charge is 2.33. The van der Waals surface area contributed by atoms with Crippen LogP contribution in [0.4, 0.5) is 0 Å². The molecule has 1 atom stereocenters. The standard InChI is InChI=1S/C17H24N2/c1-3-15-6-8-16(9-7-15)10-11-17(2,14-18)19-12-4-5-13-19/h6-9H,3-5,10-13H2,1-2H3. The van der Waals surface area contributed by atoms with Gasteiger partial charge in [0.25, 0.3) is 0 Å². The van der Waals surface area contributed by atoms with Gasteiger partial charge < -0.3 is 0 Å². The Balaban J connectivity index is 1.97. The molecule has 102 valence electrons. The lowest BCUT2D eigenvalue weighted by atomic mass is 9.92. The Morgan fingerprint density at radius 2 is 1.74 bits per heavy atom. The van der Waals surface area contributed by atoms with Gasteiger partial charge in [0.1, 0.15) is 5.54 Å². The van der Waals surface area contributed by atoms with E-state index in [9.17, 15) is 5.26 Å². The second kappa shape index (κ2) is 6.21. The van der Waals surface area contributed by atoms with Crippen molar-refractivity contribution in [2.24, 2.45) is 0 Å². The fourth-order valence-corrected chi connectivity index (χ4v) is 2.82. The molecule has 0 radical (unpaired) electrons. The van der Waals surface area contributed by atoms with E-state index < -0.39 is 0 Å². The van der Waals surface area contributed by atoms with E-state index >= 15 is 0 Å². The summed E-state index contributed by atoms with van der Waals surface area (Å²) < 4.78 is 0. The van der Waals surface area contributed by atoms with Crippen molar-refractivity contribution in [3.05, 3.63) is 35.4 Å². The SMILES string of the molecule is CCc1ccc(CCC(C)(C#N)N2CCCC2)cc1. The second-order valence-electron chi connectivity index (χ2n) is 5.75. The van der Waals surface area contributed by atoms with Gasteiger partial charge in [0.05, 0.1) is 6.07 Å². The van der Waals surface area contributed by atoms with Gasteiger partial charge >= 0.3 is 0 Å². The summed E-state index contributed by atoms with van der Waals surface area (Å²) in [5, 5.41) is 9.51. The van der Waals surface area contributed by atoms with E-state index in [2.05, 4.69) is 49.1 Å². The lowest BCUT2D eigenvalue weighted by Gasteiger charge is -2.32. The molecule has 19 heavy (non-hydrogen) atoms. The molecule has 1 heterocycles. The van der Waals surface area contributed by atoms with Gasteiger partial charge in [-0.15, -0.1) is 0 Å². The first-order chi connectivity index (χ1) is 9.18. The van der Waals surface area contributed by atoms with Crippen molar-refractivity contribution >= 4 is 0 Å². The summed E-state index contributed by atoms with van der Waals surface area (Å²) in [5.74, 6) is 0. The maximum Gasteiger partial charge on any atom is 0.106 e. The van der Waals surface area contributed by atoms with Gasteiger partial charge in [-0.2, -0.15) is 5.26 Å². The van der Waals surface area contributed by atoms with Gasteiger partial charge in [-0.05, 0) is 63.2 Å². The molecule has 1 aliphatic heterocycles. The number of nitriles is 1. The van der Waals surface area contributed by atoms with Crippen molar-refractivity contribution in [2.45, 2.75) is 51.5 Å². The summed E-state index contributed by atoms with van der Waals surface area (Å²) in [7, 11) is 0. The predicted octanol–water partition coefficient (Wildman–Crippen LogP) is 3.56. The van der Waals surface area contributed by atoms with E-state index in [1.807, 2.05) is 0 Å². The molecule has 1 aromatic rings. The van der Waals surface area contributed by atoms with Crippen LogP contribution in [-0.2, 0) is 12.8 Å². The van der Waals surface area contributed by atoms with E-state index in [-0.39, 0.29) is 5.54 Å². The first-order valence-electron chi connectivity index (χ1n) is 7.42. The molecule has 1 saturated heterocycles. The van der Waals surface area contributed by atoms with Crippen molar-refractivity contribution in [3.63, 3.8) is 0 Å². The Morgan fingerprint density at radius 3 is 2.26 bits per heavy atom. The van der Waals surface area contributed by atoms with Crippen molar-refractivity contribution in [3.8, 4) is 6.07 Å². The van der Waals surface area contributed by atoms with E-state index in [1.165, 1.54) is 24.0 Å². The molecule has 1 aliphatic rings. The van der Waals surface area contributed by atoms with Gasteiger partial charge in [-0.25, -0.2) is 0 Å². The summed E-state index contributed by atoms with van der Waals surface area (Å²) in [6, 6.07) is 11.4. The van der Waals surface area contributed by atoms with Crippen LogP contribution in [-0.4, -0.2) is 23.5 Å². The number of hydrogen-bond donors (Lipinski definition) is 0. The monoisotopic (exact) mass is 256 g/mol. The second-order valence-corrected chi connectivity index (χ2v) is 5.75. The number of nitrogens with zero attached hydrogens (tertiary/aromatic N) is 2. The summed E-state index contributed by atoms with van der Waals surface area (Å²) in [6.07, 6.45) is 5.48. The van der Waals surface area contributed by atoms with Crippen molar-refractivity contribution < 1.29 is 0 Å². The van der Waals surface area contributed by atoms with Crippen LogP contribution >= 0.6 is 0 Å². The minimum atomic E-state index is -0.292. The molecule has 1 aromatic carbocycles. The van der Waals surface area contributed by atoms with Crippen LogP contribution in [0.1, 0.15) is 44.2 Å². The molecule has 0 amide bonds. The van der Waals surface area contributed by atoms with Crippen molar-refractivity contribution in [1.29, 1.82) is 5.26 Å². The molecule has 0 N–H and O–H groups in total. The Kier molecular flexibility index (Phi) is 4.61. The average Bonchev–Trinajstić information content (AvgIpc) is 3.00. The molecule has 0 aliphatic carbocycles. The highest BCUT2D eigenvalue weighted by Crippen LogP contribution is 2.25. The van der Waals surface area contributed by atoms with Crippen molar-refractivity contribution in [2.75, 3.05) is 13.1 Å². The molecule has 2 rings (SSSR count). The zero-order chi connectivity index (χ0) is 13.7. The molecular formula is C17H24N2. The zero-order valence-electron chi connectivity index (χ0n) is 12.2. The third-order valence-corrected chi connectivity index (χ3v) is 4.38. The molecule has 2 nitrogen and oxygen atoms in total. The predicted molar refractivity (Wildman–Crippen MR) is 79.0 cm³/mol. The Bertz CT molecular complexity index is 437. The summed E-state index contributed by atoms with van der Waals surface area (Å²) in [5.41, 5.74) is 2.43. The Morgan fingerprint density at radius 1 is 1.16 bits per heavy atom. The minimum Gasteiger partial charge on any atom is -0.286 e. The Labute approximate surface area is 117 Å². The smallest absolute Gasteiger partial charge is 0.106 e. The summed E-state index contributed by atoms with van der Waals surface area (Å²) >= 11 is 0. The molecule has 0 aromatic heterocycles. The van der Waals surface area contributed by atoms with Gasteiger partial charge in [0, 0.05) is 0 Å². The fourth-order valence-electron chi connectivity index (χ4n) is 2.82. The van der Waals surface area contributed by atoms with Crippen LogP contribution in [0, 0.1) is 11.3 Å². The van der Waals surface area contributed by atoms with E-state index in [0.29, 0.717) is 0 Å². The third kappa shape index (κ3) is 3.36. The van der Waals surface area contributed by atoms with E-state index in [1.54, 1.807) is 0 Å². The van der Waals surface area contributed by atoms with Gasteiger partial charge in [-0.1, -0.05) is 31.2 Å². The third-order valence-electron chi connectivity index (χ3n) is 4.38. The quantitative estimate of drug-likeness (QED) is 0.805. The van der Waals surface area contributed by atoms with Gasteiger partial charge in [0.2, 0.25) is 0 Å². The Hall–Kier alpha value is -1.33. The van der Waals surface area contributed by atoms with Crippen LogP contribution in [0.25, 0.3) is 0 Å². The van der Waals surface area contributed by atoms with Gasteiger partial charge in [0.15, 0.2) is 0 Å². The molecule has 2 heteroatoms. The van der Waals surface area contributed by atoms with Crippen molar-refractivity contribution in [1.82, 2.24) is 4.90 Å². The number of aryl methyl sites for hydroxylation is 2. The minimum absolute atomic E-state index is 0.292. The topological polar surface area (TPSA) is 27.0 Å². The largest absolute Gasteiger partial charge is 0.286 e. The molecule has 0 bridgehead atoms. The zero-order valence-corrected chi connectivity index (χ0v) is 12.2. The summed E-state index contributed by atoms with van der Waals surface area (Å²) in [4.78, 5) is 2.35. The highest BCUT2D eigenvalue weighted by molar-refractivity contribution is 5.23. The van der Waals surface area contributed by atoms with E-state index in [0.717, 1.165) is 32.4 Å². The first kappa shape index (κ1) is 14.1. The van der Waals surface area contributed by atoms with Crippen LogP contribution in [0.15, 0.2) is 24.3 Å². The van der Waals surface area contributed by atoms with Gasteiger partial charge in [-0.3, -0.25) is 4.90 Å².